The molecule has 7 N–H and O–H groups in total. The van der Waals surface area contributed by atoms with Crippen LogP contribution in [0.1, 0.15) is 66.2 Å². The summed E-state index contributed by atoms with van der Waals surface area (Å²) in [5.74, 6) is 0. The van der Waals surface area contributed by atoms with Gasteiger partial charge >= 0.3 is 14.3 Å². The normalized spacial score (nSPS) is 24.1. The third-order valence-corrected chi connectivity index (χ3v) is 3.66. The third-order valence-electron chi connectivity index (χ3n) is 3.66. The maximum absolute atomic E-state index is 9.15. The fourth-order valence-electron chi connectivity index (χ4n) is 2.11. The topological polar surface area (TPSA) is 160 Å². The molecule has 1 fully saturated rings. The van der Waals surface area contributed by atoms with E-state index in [2.05, 4.69) is 0 Å². The van der Waals surface area contributed by atoms with Crippen molar-refractivity contribution in [3.8, 4) is 0 Å². The molecule has 0 aromatic rings. The minimum Gasteiger partial charge on any atom is -0.533 e. The van der Waals surface area contributed by atoms with Crippen LogP contribution in [0.2, 0.25) is 0 Å². The zero-order valence-corrected chi connectivity index (χ0v) is 15.7. The molecule has 4 unspecified atom stereocenters. The SMILES string of the molecule is CCC(O)CC(O)CC.CCC1CC(CC)O[B-](O)(O)O1.OB(O)O. The molecule has 152 valence electrons. The first-order valence-electron chi connectivity index (χ1n) is 8.84. The summed E-state index contributed by atoms with van der Waals surface area (Å²) in [7, 11) is -2.17. The summed E-state index contributed by atoms with van der Waals surface area (Å²) in [5, 5.41) is 57.8. The Kier molecular flexibility index (Phi) is 16.1. The van der Waals surface area contributed by atoms with E-state index in [1.54, 1.807) is 0 Å². The van der Waals surface area contributed by atoms with Gasteiger partial charge < -0.3 is 44.6 Å². The van der Waals surface area contributed by atoms with Crippen molar-refractivity contribution >= 4 is 14.3 Å². The van der Waals surface area contributed by atoms with Crippen LogP contribution < -0.4 is 0 Å². The molecular formula is C14H35B2O9-. The minimum atomic E-state index is -3.00. The van der Waals surface area contributed by atoms with Crippen LogP contribution in [-0.2, 0) is 9.31 Å². The monoisotopic (exact) mass is 369 g/mol. The first-order valence-corrected chi connectivity index (χ1v) is 8.84. The molecule has 0 aromatic carbocycles. The van der Waals surface area contributed by atoms with Gasteiger partial charge in [-0.3, -0.25) is 0 Å². The van der Waals surface area contributed by atoms with Gasteiger partial charge in [0.2, 0.25) is 0 Å². The maximum Gasteiger partial charge on any atom is 0.631 e. The number of hydrogen-bond acceptors (Lipinski definition) is 9. The molecule has 11 heteroatoms. The Morgan fingerprint density at radius 3 is 1.44 bits per heavy atom. The highest BCUT2D eigenvalue weighted by Gasteiger charge is 2.34. The van der Waals surface area contributed by atoms with E-state index < -0.39 is 14.3 Å². The molecule has 0 bridgehead atoms. The lowest BCUT2D eigenvalue weighted by molar-refractivity contribution is -0.0872. The summed E-state index contributed by atoms with van der Waals surface area (Å²) in [6, 6.07) is 0. The van der Waals surface area contributed by atoms with Crippen molar-refractivity contribution in [2.45, 2.75) is 90.6 Å². The smallest absolute Gasteiger partial charge is 0.533 e. The summed E-state index contributed by atoms with van der Waals surface area (Å²) in [5.41, 5.74) is 0. The average molecular weight is 369 g/mol. The molecule has 1 aliphatic heterocycles. The Labute approximate surface area is 150 Å². The largest absolute Gasteiger partial charge is 0.631 e. The van der Waals surface area contributed by atoms with Gasteiger partial charge in [0.1, 0.15) is 0 Å². The molecule has 0 spiro atoms. The molecule has 0 saturated carbocycles. The Hall–Kier alpha value is -0.230. The maximum atomic E-state index is 9.15. The molecule has 4 atom stereocenters. The molecule has 0 amide bonds. The second-order valence-corrected chi connectivity index (χ2v) is 5.91. The van der Waals surface area contributed by atoms with Crippen molar-refractivity contribution < 1.29 is 44.6 Å². The molecule has 1 rings (SSSR count). The van der Waals surface area contributed by atoms with Gasteiger partial charge in [0, 0.05) is 12.2 Å². The molecule has 1 saturated heterocycles. The van der Waals surface area contributed by atoms with E-state index in [4.69, 9.17) is 44.6 Å². The Balaban J connectivity index is 0. The summed E-state index contributed by atoms with van der Waals surface area (Å²) >= 11 is 0. The lowest BCUT2D eigenvalue weighted by Crippen LogP contribution is -2.53. The third kappa shape index (κ3) is 17.0. The predicted molar refractivity (Wildman–Crippen MR) is 94.8 cm³/mol. The molecule has 0 aliphatic carbocycles. The first kappa shape index (κ1) is 27.0. The van der Waals surface area contributed by atoms with Gasteiger partial charge in [0.15, 0.2) is 0 Å². The van der Waals surface area contributed by atoms with Crippen LogP contribution >= 0.6 is 0 Å². The summed E-state index contributed by atoms with van der Waals surface area (Å²) in [6.45, 7) is 4.73. The number of rotatable bonds is 6. The van der Waals surface area contributed by atoms with Crippen LogP contribution in [0.15, 0.2) is 0 Å². The van der Waals surface area contributed by atoms with E-state index in [0.29, 0.717) is 6.42 Å². The second kappa shape index (κ2) is 14.9. The second-order valence-electron chi connectivity index (χ2n) is 5.91. The molecule has 25 heavy (non-hydrogen) atoms. The number of aliphatic hydroxyl groups excluding tert-OH is 2. The van der Waals surface area contributed by atoms with Crippen LogP contribution in [-0.4, -0.2) is 74.0 Å². The van der Waals surface area contributed by atoms with Crippen LogP contribution in [0.25, 0.3) is 0 Å². The molecule has 0 radical (unpaired) electrons. The molecule has 1 heterocycles. The predicted octanol–water partition coefficient (Wildman–Crippen LogP) is -0.733. The number of hydrogen-bond donors (Lipinski definition) is 7. The Bertz CT molecular complexity index is 283. The van der Waals surface area contributed by atoms with Crippen LogP contribution in [0.3, 0.4) is 0 Å². The highest BCUT2D eigenvalue weighted by atomic mass is 16.8. The van der Waals surface area contributed by atoms with Gasteiger partial charge in [-0.2, -0.15) is 0 Å². The van der Waals surface area contributed by atoms with E-state index >= 15 is 0 Å². The van der Waals surface area contributed by atoms with E-state index in [0.717, 1.165) is 32.1 Å². The molecule has 1 aliphatic rings. The zero-order chi connectivity index (χ0) is 20.0. The quantitative estimate of drug-likeness (QED) is 0.300. The van der Waals surface area contributed by atoms with E-state index in [-0.39, 0.29) is 24.4 Å². The lowest BCUT2D eigenvalue weighted by atomic mass is 9.96. The van der Waals surface area contributed by atoms with Gasteiger partial charge in [0.25, 0.3) is 0 Å². The van der Waals surface area contributed by atoms with Crippen molar-refractivity contribution in [3.05, 3.63) is 0 Å². The van der Waals surface area contributed by atoms with Crippen molar-refractivity contribution in [1.82, 2.24) is 0 Å². The summed E-state index contributed by atoms with van der Waals surface area (Å²) < 4.78 is 9.81. The number of aliphatic hydroxyl groups is 2. The first-order chi connectivity index (χ1) is 11.5. The van der Waals surface area contributed by atoms with Crippen molar-refractivity contribution in [1.29, 1.82) is 0 Å². The fraction of sp³-hybridized carbons (Fsp3) is 1.00. The van der Waals surface area contributed by atoms with Crippen molar-refractivity contribution in [2.75, 3.05) is 0 Å². The van der Waals surface area contributed by atoms with Gasteiger partial charge in [-0.05, 0) is 38.5 Å². The summed E-state index contributed by atoms with van der Waals surface area (Å²) in [4.78, 5) is 0. The Morgan fingerprint density at radius 2 is 1.20 bits per heavy atom. The van der Waals surface area contributed by atoms with Crippen LogP contribution in [0.4, 0.5) is 0 Å². The van der Waals surface area contributed by atoms with E-state index in [1.807, 2.05) is 27.7 Å². The highest BCUT2D eigenvalue weighted by molar-refractivity contribution is 6.50. The summed E-state index contributed by atoms with van der Waals surface area (Å²) in [6.07, 6.45) is 3.49. The molecular weight excluding hydrogens is 334 g/mol. The van der Waals surface area contributed by atoms with Gasteiger partial charge in [0.05, 0.1) is 12.2 Å². The zero-order valence-electron chi connectivity index (χ0n) is 15.7. The van der Waals surface area contributed by atoms with E-state index in [1.165, 1.54) is 0 Å². The van der Waals surface area contributed by atoms with Gasteiger partial charge in [-0.15, -0.1) is 0 Å². The van der Waals surface area contributed by atoms with Crippen molar-refractivity contribution in [3.63, 3.8) is 0 Å². The van der Waals surface area contributed by atoms with Crippen molar-refractivity contribution in [2.24, 2.45) is 0 Å². The molecule has 0 aromatic heterocycles. The fourth-order valence-corrected chi connectivity index (χ4v) is 2.11. The van der Waals surface area contributed by atoms with Gasteiger partial charge in [-0.1, -0.05) is 27.7 Å². The molecule has 9 nitrogen and oxygen atoms in total. The lowest BCUT2D eigenvalue weighted by Gasteiger charge is -2.44. The van der Waals surface area contributed by atoms with Crippen LogP contribution in [0.5, 0.6) is 0 Å². The van der Waals surface area contributed by atoms with E-state index in [9.17, 15) is 0 Å². The highest BCUT2D eigenvalue weighted by Crippen LogP contribution is 2.23. The van der Waals surface area contributed by atoms with Gasteiger partial charge in [-0.25, -0.2) is 0 Å². The van der Waals surface area contributed by atoms with Crippen LogP contribution in [0, 0.1) is 0 Å². The standard InChI is InChI=1S/C7H16BO4.C7H16O2.BH3O3/c1-3-6-5-7(4-2)12-8(9,10)11-6;1-3-6(8)5-7(9)4-2;2-1(3)4/h6-7,9-10H,3-5H2,1-2H3;6-9H,3-5H2,1-2H3;2-4H/q-1;;. The average Bonchev–Trinajstić information content (AvgIpc) is 2.52. The Morgan fingerprint density at radius 1 is 0.880 bits per heavy atom. The minimum absolute atomic E-state index is 0.0845.